The third-order valence-corrected chi connectivity index (χ3v) is 3.69. The molecule has 18 heavy (non-hydrogen) atoms. The second-order valence-electron chi connectivity index (χ2n) is 3.74. The van der Waals surface area contributed by atoms with Crippen molar-refractivity contribution in [2.75, 3.05) is 5.43 Å². The summed E-state index contributed by atoms with van der Waals surface area (Å²) in [7, 11) is 0. The molecule has 0 radical (unpaired) electrons. The second kappa shape index (κ2) is 5.44. The van der Waals surface area contributed by atoms with E-state index in [0.29, 0.717) is 15.9 Å². The Bertz CT molecular complexity index is 625. The van der Waals surface area contributed by atoms with Crippen molar-refractivity contribution in [3.05, 3.63) is 49.8 Å². The first-order valence-electron chi connectivity index (χ1n) is 5.26. The number of nitrogens with two attached hydrogens (primary N) is 1. The molecule has 0 atom stereocenters. The molecule has 0 bridgehead atoms. The molecule has 0 aliphatic heterocycles. The van der Waals surface area contributed by atoms with Crippen molar-refractivity contribution >= 4 is 28.4 Å². The predicted molar refractivity (Wildman–Crippen MR) is 77.1 cm³/mol. The van der Waals surface area contributed by atoms with Crippen molar-refractivity contribution in [2.24, 2.45) is 5.84 Å². The van der Waals surface area contributed by atoms with E-state index in [1.165, 1.54) is 10.9 Å². The van der Waals surface area contributed by atoms with Crippen molar-refractivity contribution in [2.45, 2.75) is 13.5 Å². The highest BCUT2D eigenvalue weighted by Crippen LogP contribution is 2.06. The lowest BCUT2D eigenvalue weighted by Gasteiger charge is -2.07. The highest BCUT2D eigenvalue weighted by atomic mass is 127. The SMILES string of the molecule is Cc1ncn(Cc2cccc(NN)n2)c(=O)c1I. The standard InChI is InChI=1S/C11H12IN5O/c1-7-10(12)11(18)17(6-14-7)5-8-3-2-4-9(15-8)16-13/h2-4,6H,5,13H2,1H3,(H,15,16). The van der Waals surface area contributed by atoms with Gasteiger partial charge in [-0.1, -0.05) is 6.07 Å². The maximum absolute atomic E-state index is 12.0. The average Bonchev–Trinajstić information content (AvgIpc) is 2.40. The lowest BCUT2D eigenvalue weighted by molar-refractivity contribution is 0.708. The summed E-state index contributed by atoms with van der Waals surface area (Å²) >= 11 is 2.00. The molecule has 3 N–H and O–H groups in total. The fraction of sp³-hybridized carbons (Fsp3) is 0.182. The molecule has 0 saturated carbocycles. The molecule has 0 fully saturated rings. The Morgan fingerprint density at radius 2 is 2.28 bits per heavy atom. The van der Waals surface area contributed by atoms with Gasteiger partial charge in [0.1, 0.15) is 5.82 Å². The first-order valence-corrected chi connectivity index (χ1v) is 6.34. The van der Waals surface area contributed by atoms with Crippen molar-refractivity contribution in [1.82, 2.24) is 14.5 Å². The maximum atomic E-state index is 12.0. The summed E-state index contributed by atoms with van der Waals surface area (Å²) < 4.78 is 2.15. The zero-order chi connectivity index (χ0) is 13.1. The third-order valence-electron chi connectivity index (χ3n) is 2.44. The number of anilines is 1. The molecule has 2 aromatic heterocycles. The minimum Gasteiger partial charge on any atom is -0.308 e. The van der Waals surface area contributed by atoms with E-state index < -0.39 is 0 Å². The molecule has 6 nitrogen and oxygen atoms in total. The highest BCUT2D eigenvalue weighted by Gasteiger charge is 2.06. The minimum atomic E-state index is -0.0592. The molecule has 0 aliphatic carbocycles. The number of aromatic nitrogens is 3. The van der Waals surface area contributed by atoms with Gasteiger partial charge < -0.3 is 5.43 Å². The smallest absolute Gasteiger partial charge is 0.267 e. The number of halogens is 1. The van der Waals surface area contributed by atoms with Crippen LogP contribution in [0.15, 0.2) is 29.3 Å². The summed E-state index contributed by atoms with van der Waals surface area (Å²) in [6, 6.07) is 5.42. The summed E-state index contributed by atoms with van der Waals surface area (Å²) in [6.45, 7) is 2.18. The largest absolute Gasteiger partial charge is 0.308 e. The van der Waals surface area contributed by atoms with E-state index in [9.17, 15) is 4.79 Å². The number of hydrazine groups is 1. The number of pyridine rings is 1. The van der Waals surface area contributed by atoms with Gasteiger partial charge in [0.05, 0.1) is 27.8 Å². The number of hydrogen-bond donors (Lipinski definition) is 2. The highest BCUT2D eigenvalue weighted by molar-refractivity contribution is 14.1. The first-order chi connectivity index (χ1) is 8.61. The molecule has 2 heterocycles. The van der Waals surface area contributed by atoms with E-state index in [4.69, 9.17) is 5.84 Å². The van der Waals surface area contributed by atoms with Crippen LogP contribution in [-0.2, 0) is 6.54 Å². The molecular weight excluding hydrogens is 345 g/mol. The van der Waals surface area contributed by atoms with E-state index >= 15 is 0 Å². The molecule has 0 saturated heterocycles. The van der Waals surface area contributed by atoms with Gasteiger partial charge in [-0.3, -0.25) is 9.36 Å². The molecule has 2 rings (SSSR count). The number of nitrogens with one attached hydrogen (secondary N) is 1. The van der Waals surface area contributed by atoms with Gasteiger partial charge in [0.25, 0.3) is 5.56 Å². The second-order valence-corrected chi connectivity index (χ2v) is 4.81. The Kier molecular flexibility index (Phi) is 3.92. The van der Waals surface area contributed by atoms with Gasteiger partial charge >= 0.3 is 0 Å². The van der Waals surface area contributed by atoms with Crippen LogP contribution in [0.3, 0.4) is 0 Å². The van der Waals surface area contributed by atoms with Crippen molar-refractivity contribution < 1.29 is 0 Å². The number of aryl methyl sites for hydroxylation is 1. The van der Waals surface area contributed by atoms with E-state index in [1.807, 2.05) is 41.6 Å². The Morgan fingerprint density at radius 1 is 1.50 bits per heavy atom. The van der Waals surface area contributed by atoms with Gasteiger partial charge in [0, 0.05) is 0 Å². The minimum absolute atomic E-state index is 0.0592. The molecule has 2 aromatic rings. The van der Waals surface area contributed by atoms with Crippen molar-refractivity contribution in [1.29, 1.82) is 0 Å². The lowest BCUT2D eigenvalue weighted by atomic mass is 10.3. The van der Waals surface area contributed by atoms with E-state index in [-0.39, 0.29) is 5.56 Å². The summed E-state index contributed by atoms with van der Waals surface area (Å²) in [5.41, 5.74) is 3.90. The van der Waals surface area contributed by atoms with Gasteiger partial charge in [-0.2, -0.15) is 0 Å². The molecule has 7 heteroatoms. The van der Waals surface area contributed by atoms with Crippen molar-refractivity contribution in [3.63, 3.8) is 0 Å². The Balaban J connectivity index is 2.34. The average molecular weight is 357 g/mol. The molecule has 0 aromatic carbocycles. The van der Waals surface area contributed by atoms with Gasteiger partial charge in [-0.05, 0) is 41.6 Å². The van der Waals surface area contributed by atoms with Crippen LogP contribution in [0, 0.1) is 10.5 Å². The van der Waals surface area contributed by atoms with Crippen molar-refractivity contribution in [3.8, 4) is 0 Å². The molecule has 0 amide bonds. The molecule has 0 aliphatic rings. The van der Waals surface area contributed by atoms with Crippen LogP contribution >= 0.6 is 22.6 Å². The maximum Gasteiger partial charge on any atom is 0.267 e. The van der Waals surface area contributed by atoms with Crippen LogP contribution < -0.4 is 16.8 Å². The monoisotopic (exact) mass is 357 g/mol. The quantitative estimate of drug-likeness (QED) is 0.484. The van der Waals surface area contributed by atoms with Gasteiger partial charge in [-0.25, -0.2) is 15.8 Å². The van der Waals surface area contributed by atoms with Crippen LogP contribution in [0.1, 0.15) is 11.4 Å². The van der Waals surface area contributed by atoms with Gasteiger partial charge in [0.2, 0.25) is 0 Å². The molecule has 0 unspecified atom stereocenters. The van der Waals surface area contributed by atoms with E-state index in [0.717, 1.165) is 11.4 Å². The van der Waals surface area contributed by atoms with Crippen LogP contribution in [-0.4, -0.2) is 14.5 Å². The molecule has 94 valence electrons. The van der Waals surface area contributed by atoms with Gasteiger partial charge in [-0.15, -0.1) is 0 Å². The van der Waals surface area contributed by atoms with E-state index in [2.05, 4.69) is 15.4 Å². The zero-order valence-electron chi connectivity index (χ0n) is 9.72. The normalized spacial score (nSPS) is 10.4. The summed E-state index contributed by atoms with van der Waals surface area (Å²) in [5, 5.41) is 0. The lowest BCUT2D eigenvalue weighted by Crippen LogP contribution is -2.25. The van der Waals surface area contributed by atoms with Crippen LogP contribution in [0.2, 0.25) is 0 Å². The van der Waals surface area contributed by atoms with Crippen LogP contribution in [0.25, 0.3) is 0 Å². The molecule has 0 spiro atoms. The van der Waals surface area contributed by atoms with Crippen LogP contribution in [0.5, 0.6) is 0 Å². The number of rotatable bonds is 3. The predicted octanol–water partition coefficient (Wildman–Crippen LogP) is 0.885. The van der Waals surface area contributed by atoms with Crippen LogP contribution in [0.4, 0.5) is 5.82 Å². The van der Waals surface area contributed by atoms with Gasteiger partial charge in [0.15, 0.2) is 0 Å². The van der Waals surface area contributed by atoms with E-state index in [1.54, 1.807) is 6.07 Å². The number of hydrogen-bond acceptors (Lipinski definition) is 5. The first kappa shape index (κ1) is 13.0. The molecular formula is C11H12IN5O. The number of nitrogens with zero attached hydrogens (tertiary/aromatic N) is 3. The Hall–Kier alpha value is -1.48. The summed E-state index contributed by atoms with van der Waals surface area (Å²) in [6.07, 6.45) is 1.53. The third kappa shape index (κ3) is 2.67. The number of nitrogen functional groups attached to an aromatic ring is 1. The summed E-state index contributed by atoms with van der Waals surface area (Å²) in [5.74, 6) is 5.86. The summed E-state index contributed by atoms with van der Waals surface area (Å²) in [4.78, 5) is 20.4. The fourth-order valence-corrected chi connectivity index (χ4v) is 1.93. The topological polar surface area (TPSA) is 85.8 Å². The Morgan fingerprint density at radius 3 is 3.00 bits per heavy atom. The Labute approximate surface area is 117 Å². The fourth-order valence-electron chi connectivity index (χ4n) is 1.48. The zero-order valence-corrected chi connectivity index (χ0v) is 11.9.